The first-order chi connectivity index (χ1) is 11.5. The second kappa shape index (κ2) is 7.16. The highest BCUT2D eigenvalue weighted by Crippen LogP contribution is 2.31. The summed E-state index contributed by atoms with van der Waals surface area (Å²) >= 11 is 11.9. The Balaban J connectivity index is 1.60. The van der Waals surface area contributed by atoms with Crippen LogP contribution in [0.5, 0.6) is 5.75 Å². The van der Waals surface area contributed by atoms with E-state index in [4.69, 9.17) is 32.4 Å². The van der Waals surface area contributed by atoms with Gasteiger partial charge in [0.15, 0.2) is 6.61 Å². The summed E-state index contributed by atoms with van der Waals surface area (Å²) in [6, 6.07) is 14.3. The van der Waals surface area contributed by atoms with Crippen LogP contribution >= 0.6 is 23.2 Å². The van der Waals surface area contributed by atoms with Crippen molar-refractivity contribution >= 4 is 40.1 Å². The van der Waals surface area contributed by atoms with Crippen LogP contribution in [-0.2, 0) is 4.79 Å². The fraction of sp³-hybridized carbons (Fsp3) is 0.167. The number of para-hydroxylation sites is 1. The molecule has 0 radical (unpaired) electrons. The number of furan rings is 1. The predicted molar refractivity (Wildman–Crippen MR) is 94.7 cm³/mol. The van der Waals surface area contributed by atoms with Crippen LogP contribution in [-0.4, -0.2) is 12.5 Å². The number of fused-ring (bicyclic) bond motifs is 1. The SMILES string of the molecule is C[C@@H](NC(=O)COc1cccc(Cl)c1Cl)c1cc2ccccc2o1. The Morgan fingerprint density at radius 3 is 2.79 bits per heavy atom. The van der Waals surface area contributed by atoms with Crippen molar-refractivity contribution in [1.82, 2.24) is 5.32 Å². The lowest BCUT2D eigenvalue weighted by molar-refractivity contribution is -0.123. The van der Waals surface area contributed by atoms with Gasteiger partial charge in [-0.2, -0.15) is 0 Å². The van der Waals surface area contributed by atoms with Crippen molar-refractivity contribution in [1.29, 1.82) is 0 Å². The highest BCUT2D eigenvalue weighted by atomic mass is 35.5. The van der Waals surface area contributed by atoms with Gasteiger partial charge in [-0.15, -0.1) is 0 Å². The maximum absolute atomic E-state index is 12.1. The van der Waals surface area contributed by atoms with Gasteiger partial charge in [-0.3, -0.25) is 4.79 Å². The monoisotopic (exact) mass is 363 g/mol. The molecule has 0 saturated heterocycles. The number of halogens is 2. The van der Waals surface area contributed by atoms with E-state index in [2.05, 4.69) is 5.32 Å². The first kappa shape index (κ1) is 16.7. The topological polar surface area (TPSA) is 51.5 Å². The number of benzene rings is 2. The van der Waals surface area contributed by atoms with Crippen LogP contribution in [0, 0.1) is 0 Å². The van der Waals surface area contributed by atoms with Gasteiger partial charge in [-0.1, -0.05) is 47.5 Å². The molecule has 3 rings (SSSR count). The average Bonchev–Trinajstić information content (AvgIpc) is 3.00. The molecule has 0 aliphatic rings. The van der Waals surface area contributed by atoms with E-state index in [1.54, 1.807) is 18.2 Å². The van der Waals surface area contributed by atoms with Crippen molar-refractivity contribution in [2.24, 2.45) is 0 Å². The highest BCUT2D eigenvalue weighted by Gasteiger charge is 2.15. The molecule has 24 heavy (non-hydrogen) atoms. The number of hydrogen-bond donors (Lipinski definition) is 1. The van der Waals surface area contributed by atoms with E-state index in [-0.39, 0.29) is 23.6 Å². The molecule has 0 bridgehead atoms. The largest absolute Gasteiger partial charge is 0.482 e. The van der Waals surface area contributed by atoms with Crippen LogP contribution in [0.2, 0.25) is 10.0 Å². The lowest BCUT2D eigenvalue weighted by Crippen LogP contribution is -2.31. The average molecular weight is 364 g/mol. The van der Waals surface area contributed by atoms with Crippen molar-refractivity contribution in [2.75, 3.05) is 6.61 Å². The summed E-state index contributed by atoms with van der Waals surface area (Å²) in [5, 5.41) is 4.49. The Morgan fingerprint density at radius 1 is 1.21 bits per heavy atom. The normalized spacial score (nSPS) is 12.1. The Bertz CT molecular complexity index is 843. The van der Waals surface area contributed by atoms with Gasteiger partial charge in [0.1, 0.15) is 22.1 Å². The number of rotatable bonds is 5. The minimum Gasteiger partial charge on any atom is -0.482 e. The molecule has 124 valence electrons. The van der Waals surface area contributed by atoms with E-state index in [9.17, 15) is 4.79 Å². The Kier molecular flexibility index (Phi) is 4.97. The van der Waals surface area contributed by atoms with Gasteiger partial charge in [-0.25, -0.2) is 0 Å². The summed E-state index contributed by atoms with van der Waals surface area (Å²) in [4.78, 5) is 12.1. The molecule has 0 aliphatic carbocycles. The Morgan fingerprint density at radius 2 is 2.00 bits per heavy atom. The fourth-order valence-corrected chi connectivity index (χ4v) is 2.66. The van der Waals surface area contributed by atoms with E-state index < -0.39 is 0 Å². The molecule has 4 nitrogen and oxygen atoms in total. The molecule has 6 heteroatoms. The maximum atomic E-state index is 12.1. The highest BCUT2D eigenvalue weighted by molar-refractivity contribution is 6.42. The molecule has 1 amide bonds. The lowest BCUT2D eigenvalue weighted by atomic mass is 10.2. The van der Waals surface area contributed by atoms with E-state index in [1.165, 1.54) is 0 Å². The van der Waals surface area contributed by atoms with Crippen molar-refractivity contribution < 1.29 is 13.9 Å². The van der Waals surface area contributed by atoms with Crippen LogP contribution in [0.25, 0.3) is 11.0 Å². The van der Waals surface area contributed by atoms with E-state index in [0.29, 0.717) is 16.5 Å². The second-order valence-corrected chi connectivity index (χ2v) is 6.10. The second-order valence-electron chi connectivity index (χ2n) is 5.32. The maximum Gasteiger partial charge on any atom is 0.258 e. The molecule has 0 unspecified atom stereocenters. The third-order valence-electron chi connectivity index (χ3n) is 3.52. The first-order valence-electron chi connectivity index (χ1n) is 7.39. The summed E-state index contributed by atoms with van der Waals surface area (Å²) in [6.45, 7) is 1.69. The number of amides is 1. The minimum atomic E-state index is -0.279. The molecule has 1 N–H and O–H groups in total. The number of carbonyl (C=O) groups is 1. The van der Waals surface area contributed by atoms with Gasteiger partial charge in [0.25, 0.3) is 5.91 Å². The van der Waals surface area contributed by atoms with Gasteiger partial charge in [0.05, 0.1) is 11.1 Å². The molecule has 1 aromatic heterocycles. The van der Waals surface area contributed by atoms with E-state index in [1.807, 2.05) is 37.3 Å². The fourth-order valence-electron chi connectivity index (χ4n) is 2.31. The smallest absolute Gasteiger partial charge is 0.258 e. The molecule has 2 aromatic carbocycles. The van der Waals surface area contributed by atoms with Crippen LogP contribution < -0.4 is 10.1 Å². The third-order valence-corrected chi connectivity index (χ3v) is 4.33. The zero-order valence-corrected chi connectivity index (χ0v) is 14.4. The summed E-state index contributed by atoms with van der Waals surface area (Å²) in [7, 11) is 0. The molecule has 0 aliphatic heterocycles. The van der Waals surface area contributed by atoms with Gasteiger partial charge < -0.3 is 14.5 Å². The van der Waals surface area contributed by atoms with Crippen LogP contribution in [0.1, 0.15) is 18.7 Å². The summed E-state index contributed by atoms with van der Waals surface area (Å²) < 4.78 is 11.2. The number of ether oxygens (including phenoxy) is 1. The number of nitrogens with one attached hydrogen (secondary N) is 1. The third kappa shape index (κ3) is 3.66. The lowest BCUT2D eigenvalue weighted by Gasteiger charge is -2.13. The molecule has 1 heterocycles. The summed E-state index contributed by atoms with van der Waals surface area (Å²) in [5.74, 6) is 0.778. The molecule has 0 saturated carbocycles. The zero-order valence-electron chi connectivity index (χ0n) is 12.9. The van der Waals surface area contributed by atoms with Crippen molar-refractivity contribution in [3.63, 3.8) is 0 Å². The molecule has 0 spiro atoms. The summed E-state index contributed by atoms with van der Waals surface area (Å²) in [6.07, 6.45) is 0. The number of hydrogen-bond acceptors (Lipinski definition) is 3. The van der Waals surface area contributed by atoms with Crippen molar-refractivity contribution in [2.45, 2.75) is 13.0 Å². The molecule has 3 aromatic rings. The molecular formula is C18H15Cl2NO3. The van der Waals surface area contributed by atoms with Crippen molar-refractivity contribution in [3.05, 3.63) is 64.3 Å². The quantitative estimate of drug-likeness (QED) is 0.694. The van der Waals surface area contributed by atoms with E-state index in [0.717, 1.165) is 11.0 Å². The van der Waals surface area contributed by atoms with Gasteiger partial charge >= 0.3 is 0 Å². The molecule has 0 fully saturated rings. The first-order valence-corrected chi connectivity index (χ1v) is 8.15. The Labute approximate surface area is 149 Å². The standard InChI is InChI=1S/C18H15Cl2NO3/c1-11(16-9-12-5-2-3-7-14(12)24-16)21-17(22)10-23-15-8-4-6-13(19)18(15)20/h2-9,11H,10H2,1H3,(H,21,22)/t11-/m1/s1. The van der Waals surface area contributed by atoms with Crippen LogP contribution in [0.4, 0.5) is 0 Å². The van der Waals surface area contributed by atoms with E-state index >= 15 is 0 Å². The molecule has 1 atom stereocenters. The predicted octanol–water partition coefficient (Wildman–Crippen LogP) is 5.00. The zero-order chi connectivity index (χ0) is 17.1. The van der Waals surface area contributed by atoms with Crippen LogP contribution in [0.15, 0.2) is 52.9 Å². The number of carbonyl (C=O) groups excluding carboxylic acids is 1. The van der Waals surface area contributed by atoms with Gasteiger partial charge in [0, 0.05) is 5.39 Å². The minimum absolute atomic E-state index is 0.162. The Hall–Kier alpha value is -2.17. The summed E-state index contributed by atoms with van der Waals surface area (Å²) in [5.41, 5.74) is 0.788. The van der Waals surface area contributed by atoms with Gasteiger partial charge in [-0.05, 0) is 31.2 Å². The van der Waals surface area contributed by atoms with Gasteiger partial charge in [0.2, 0.25) is 0 Å². The van der Waals surface area contributed by atoms with Crippen LogP contribution in [0.3, 0.4) is 0 Å². The molecular weight excluding hydrogens is 349 g/mol. The van der Waals surface area contributed by atoms with Crippen molar-refractivity contribution in [3.8, 4) is 5.75 Å².